The Labute approximate surface area is 159 Å². The summed E-state index contributed by atoms with van der Waals surface area (Å²) in [5.41, 5.74) is 3.47. The predicted octanol–water partition coefficient (Wildman–Crippen LogP) is 3.28. The molecule has 3 aliphatic heterocycles. The van der Waals surface area contributed by atoms with Gasteiger partial charge in [-0.2, -0.15) is 0 Å². The summed E-state index contributed by atoms with van der Waals surface area (Å²) in [7, 11) is 0. The summed E-state index contributed by atoms with van der Waals surface area (Å²) in [6, 6.07) is 16.1. The van der Waals surface area contributed by atoms with Crippen molar-refractivity contribution in [3.05, 3.63) is 71.0 Å². The van der Waals surface area contributed by atoms with Crippen molar-refractivity contribution in [2.75, 3.05) is 26.2 Å². The minimum atomic E-state index is -0.212. The van der Waals surface area contributed by atoms with Crippen LogP contribution in [0.15, 0.2) is 53.5 Å². The summed E-state index contributed by atoms with van der Waals surface area (Å²) in [5.74, 6) is -0.212. The van der Waals surface area contributed by atoms with E-state index in [1.807, 2.05) is 12.1 Å². The maximum absolute atomic E-state index is 13.5. The van der Waals surface area contributed by atoms with Crippen LogP contribution in [0.25, 0.3) is 0 Å². The van der Waals surface area contributed by atoms with E-state index in [9.17, 15) is 4.39 Å². The number of benzene rings is 2. The molecule has 1 saturated heterocycles. The van der Waals surface area contributed by atoms with E-state index < -0.39 is 0 Å². The van der Waals surface area contributed by atoms with Crippen LogP contribution in [0.3, 0.4) is 0 Å². The van der Waals surface area contributed by atoms with Crippen molar-refractivity contribution in [1.82, 2.24) is 10.2 Å². The summed E-state index contributed by atoms with van der Waals surface area (Å²) in [5, 5.41) is 3.45. The molecule has 5 heteroatoms. The van der Waals surface area contributed by atoms with Crippen molar-refractivity contribution >= 4 is 6.02 Å². The topological polar surface area (TPSA) is 36.9 Å². The van der Waals surface area contributed by atoms with E-state index in [0.29, 0.717) is 6.54 Å². The fourth-order valence-electron chi connectivity index (χ4n) is 4.56. The first-order valence-electron chi connectivity index (χ1n) is 9.78. The first kappa shape index (κ1) is 16.8. The standard InChI is InChI=1S/C22H24FN3O/c23-18-8-6-17(7-9-18)20-19-5-2-1-4-16(19)10-13-26(20)21-25-15-22(27-21)11-3-12-24-14-22/h1-2,4-9,20,24H,3,10-15H2/t20-,22-/m0/s1. The third kappa shape index (κ3) is 3.00. The van der Waals surface area contributed by atoms with Crippen LogP contribution < -0.4 is 5.32 Å². The van der Waals surface area contributed by atoms with Crippen LogP contribution in [0.5, 0.6) is 0 Å². The van der Waals surface area contributed by atoms with Gasteiger partial charge in [-0.15, -0.1) is 0 Å². The number of nitrogens with zero attached hydrogens (tertiary/aromatic N) is 2. The lowest BCUT2D eigenvalue weighted by molar-refractivity contribution is 0.0399. The van der Waals surface area contributed by atoms with Gasteiger partial charge in [-0.25, -0.2) is 9.38 Å². The second kappa shape index (κ2) is 6.64. The molecule has 1 spiro atoms. The lowest BCUT2D eigenvalue weighted by atomic mass is 9.88. The molecular weight excluding hydrogens is 341 g/mol. The average Bonchev–Trinajstić information content (AvgIpc) is 3.11. The Bertz CT molecular complexity index is 858. The number of nitrogens with one attached hydrogen (secondary N) is 1. The zero-order valence-electron chi connectivity index (χ0n) is 15.3. The van der Waals surface area contributed by atoms with Gasteiger partial charge < -0.3 is 15.0 Å². The van der Waals surface area contributed by atoms with Gasteiger partial charge in [0.15, 0.2) is 0 Å². The minimum Gasteiger partial charge on any atom is -0.455 e. The molecule has 0 amide bonds. The molecule has 0 saturated carbocycles. The van der Waals surface area contributed by atoms with Crippen molar-refractivity contribution in [2.24, 2.45) is 4.99 Å². The molecular formula is C22H24FN3O. The Morgan fingerprint density at radius 1 is 1.15 bits per heavy atom. The molecule has 5 rings (SSSR count). The van der Waals surface area contributed by atoms with E-state index in [2.05, 4.69) is 34.5 Å². The maximum Gasteiger partial charge on any atom is 0.288 e. The molecule has 4 nitrogen and oxygen atoms in total. The van der Waals surface area contributed by atoms with Crippen LogP contribution >= 0.6 is 0 Å². The largest absolute Gasteiger partial charge is 0.455 e. The first-order chi connectivity index (χ1) is 13.2. The van der Waals surface area contributed by atoms with E-state index in [-0.39, 0.29) is 17.5 Å². The molecule has 1 N–H and O–H groups in total. The van der Waals surface area contributed by atoms with Gasteiger partial charge in [-0.1, -0.05) is 36.4 Å². The van der Waals surface area contributed by atoms with Crippen LogP contribution in [-0.2, 0) is 11.2 Å². The van der Waals surface area contributed by atoms with Crippen molar-refractivity contribution in [3.8, 4) is 0 Å². The second-order valence-corrected chi connectivity index (χ2v) is 7.76. The van der Waals surface area contributed by atoms with Crippen molar-refractivity contribution in [1.29, 1.82) is 0 Å². The van der Waals surface area contributed by atoms with Gasteiger partial charge in [0.2, 0.25) is 0 Å². The number of hydrogen-bond acceptors (Lipinski definition) is 4. The summed E-state index contributed by atoms with van der Waals surface area (Å²) < 4.78 is 20.0. The number of rotatable bonds is 1. The predicted molar refractivity (Wildman–Crippen MR) is 103 cm³/mol. The van der Waals surface area contributed by atoms with Gasteiger partial charge in [-0.3, -0.25) is 0 Å². The third-order valence-electron chi connectivity index (χ3n) is 5.96. The number of halogens is 1. The summed E-state index contributed by atoms with van der Waals surface area (Å²) in [4.78, 5) is 7.07. The Kier molecular flexibility index (Phi) is 4.12. The van der Waals surface area contributed by atoms with Gasteiger partial charge in [0, 0.05) is 13.1 Å². The third-order valence-corrected chi connectivity index (χ3v) is 5.96. The van der Waals surface area contributed by atoms with Crippen LogP contribution in [0.4, 0.5) is 4.39 Å². The smallest absolute Gasteiger partial charge is 0.288 e. The highest BCUT2D eigenvalue weighted by Crippen LogP contribution is 2.38. The Morgan fingerprint density at radius 3 is 2.81 bits per heavy atom. The molecule has 2 atom stereocenters. The quantitative estimate of drug-likeness (QED) is 0.843. The number of amidine groups is 1. The minimum absolute atomic E-state index is 0.000926. The molecule has 3 heterocycles. The lowest BCUT2D eigenvalue weighted by Gasteiger charge is -2.40. The van der Waals surface area contributed by atoms with E-state index in [0.717, 1.165) is 50.5 Å². The van der Waals surface area contributed by atoms with Crippen LogP contribution in [0.1, 0.15) is 35.6 Å². The average molecular weight is 365 g/mol. The van der Waals surface area contributed by atoms with Crippen molar-refractivity contribution in [3.63, 3.8) is 0 Å². The van der Waals surface area contributed by atoms with Crippen LogP contribution in [0, 0.1) is 5.82 Å². The number of piperidine rings is 1. The zero-order chi connectivity index (χ0) is 18.3. The molecule has 140 valence electrons. The highest BCUT2D eigenvalue weighted by atomic mass is 19.1. The van der Waals surface area contributed by atoms with Crippen molar-refractivity contribution in [2.45, 2.75) is 30.9 Å². The molecule has 0 aromatic heterocycles. The maximum atomic E-state index is 13.5. The van der Waals surface area contributed by atoms with E-state index in [1.54, 1.807) is 0 Å². The monoisotopic (exact) mass is 365 g/mol. The summed E-state index contributed by atoms with van der Waals surface area (Å²) in [6.07, 6.45) is 3.12. The highest BCUT2D eigenvalue weighted by Gasteiger charge is 2.43. The lowest BCUT2D eigenvalue weighted by Crippen LogP contribution is -2.50. The van der Waals surface area contributed by atoms with Gasteiger partial charge in [0.1, 0.15) is 11.4 Å². The first-order valence-corrected chi connectivity index (χ1v) is 9.78. The molecule has 2 aromatic rings. The van der Waals surface area contributed by atoms with Crippen LogP contribution in [-0.4, -0.2) is 42.7 Å². The van der Waals surface area contributed by atoms with E-state index in [4.69, 9.17) is 9.73 Å². The number of hydrogen-bond donors (Lipinski definition) is 1. The summed E-state index contributed by atoms with van der Waals surface area (Å²) in [6.45, 7) is 3.46. The van der Waals surface area contributed by atoms with Gasteiger partial charge in [-0.05, 0) is 54.6 Å². The summed E-state index contributed by atoms with van der Waals surface area (Å²) >= 11 is 0. The van der Waals surface area contributed by atoms with Gasteiger partial charge >= 0.3 is 0 Å². The number of aliphatic imine (C=N–C) groups is 1. The van der Waals surface area contributed by atoms with Gasteiger partial charge in [0.25, 0.3) is 6.02 Å². The van der Waals surface area contributed by atoms with Crippen LogP contribution in [0.2, 0.25) is 0 Å². The highest BCUT2D eigenvalue weighted by molar-refractivity contribution is 5.78. The molecule has 0 radical (unpaired) electrons. The fraction of sp³-hybridized carbons (Fsp3) is 0.409. The Hall–Kier alpha value is -2.40. The molecule has 1 fully saturated rings. The molecule has 0 unspecified atom stereocenters. The molecule has 27 heavy (non-hydrogen) atoms. The fourth-order valence-corrected chi connectivity index (χ4v) is 4.56. The molecule has 0 aliphatic carbocycles. The Morgan fingerprint density at radius 2 is 2.00 bits per heavy atom. The van der Waals surface area contributed by atoms with E-state index >= 15 is 0 Å². The second-order valence-electron chi connectivity index (χ2n) is 7.76. The van der Waals surface area contributed by atoms with Gasteiger partial charge in [0.05, 0.1) is 12.6 Å². The van der Waals surface area contributed by atoms with E-state index in [1.165, 1.54) is 23.3 Å². The SMILES string of the molecule is Fc1ccc([C@H]2c3ccccc3CCN2C2=NC[C@@]3(CCCNC3)O2)cc1. The molecule has 0 bridgehead atoms. The van der Waals surface area contributed by atoms with Crippen molar-refractivity contribution < 1.29 is 9.13 Å². The number of fused-ring (bicyclic) bond motifs is 1. The normalized spacial score (nSPS) is 27.2. The molecule has 3 aliphatic rings. The zero-order valence-corrected chi connectivity index (χ0v) is 15.3. The Balaban J connectivity index is 1.50. The molecule has 2 aromatic carbocycles. The number of ether oxygens (including phenoxy) is 1.